The van der Waals surface area contributed by atoms with Gasteiger partial charge in [0.25, 0.3) is 5.56 Å². The highest BCUT2D eigenvalue weighted by atomic mass is 32.1. The number of thiazole rings is 1. The molecular formula is C27H15N5O3S2. The molecule has 0 radical (unpaired) electrons. The van der Waals surface area contributed by atoms with E-state index in [1.165, 1.54) is 11.3 Å². The Morgan fingerprint density at radius 1 is 0.919 bits per heavy atom. The minimum absolute atomic E-state index is 0.185. The number of benzene rings is 3. The van der Waals surface area contributed by atoms with E-state index in [1.807, 2.05) is 66.7 Å². The first kappa shape index (κ1) is 21.6. The SMILES string of the molecule is O=c1oc2ccc3ccccc3c2cc1-c1csc(-c2nn(-c3ccccc3)c3c(=O)[nH]c(=S)[nH]c23)n1. The molecule has 4 aromatic heterocycles. The molecule has 0 saturated carbocycles. The monoisotopic (exact) mass is 521 g/mol. The van der Waals surface area contributed by atoms with Crippen LogP contribution < -0.4 is 11.2 Å². The summed E-state index contributed by atoms with van der Waals surface area (Å²) in [6.45, 7) is 0. The van der Waals surface area contributed by atoms with Crippen LogP contribution in [0.1, 0.15) is 0 Å². The Bertz CT molecular complexity index is 2170. The summed E-state index contributed by atoms with van der Waals surface area (Å²) in [7, 11) is 0. The first-order chi connectivity index (χ1) is 18.1. The minimum Gasteiger partial charge on any atom is -0.422 e. The van der Waals surface area contributed by atoms with E-state index in [0.717, 1.165) is 16.2 Å². The average molecular weight is 522 g/mol. The Balaban J connectivity index is 1.44. The summed E-state index contributed by atoms with van der Waals surface area (Å²) in [5, 5.41) is 9.90. The standard InChI is InChI=1S/C27H15N5O3S2/c33-24-23-21(29-27(36)30-24)22(31-32(23)15-7-2-1-3-8-15)25-28-19(13-37-25)18-12-17-16-9-5-4-6-14(16)10-11-20(17)35-26(18)34/h1-13H,(H2,29,30,33,36). The van der Waals surface area contributed by atoms with E-state index in [9.17, 15) is 9.59 Å². The van der Waals surface area contributed by atoms with Gasteiger partial charge in [0.1, 0.15) is 21.8 Å². The highest BCUT2D eigenvalue weighted by molar-refractivity contribution is 7.71. The summed E-state index contributed by atoms with van der Waals surface area (Å²) in [4.78, 5) is 36.2. The van der Waals surface area contributed by atoms with Crippen LogP contribution in [0.2, 0.25) is 0 Å². The number of aromatic nitrogens is 5. The largest absolute Gasteiger partial charge is 0.422 e. The molecule has 0 unspecified atom stereocenters. The Morgan fingerprint density at radius 3 is 2.59 bits per heavy atom. The van der Waals surface area contributed by atoms with Crippen LogP contribution >= 0.6 is 23.6 Å². The molecule has 0 bridgehead atoms. The fourth-order valence-electron chi connectivity index (χ4n) is 4.52. The highest BCUT2D eigenvalue weighted by Crippen LogP contribution is 2.33. The molecule has 0 saturated heterocycles. The van der Waals surface area contributed by atoms with Gasteiger partial charge in [-0.2, -0.15) is 5.10 Å². The van der Waals surface area contributed by atoms with Crippen molar-refractivity contribution in [1.82, 2.24) is 24.7 Å². The van der Waals surface area contributed by atoms with Crippen molar-refractivity contribution in [3.8, 4) is 27.6 Å². The fraction of sp³-hybridized carbons (Fsp3) is 0. The van der Waals surface area contributed by atoms with Crippen LogP contribution in [0, 0.1) is 4.77 Å². The van der Waals surface area contributed by atoms with Crippen molar-refractivity contribution in [1.29, 1.82) is 0 Å². The van der Waals surface area contributed by atoms with Crippen molar-refractivity contribution in [3.63, 3.8) is 0 Å². The lowest BCUT2D eigenvalue weighted by molar-refractivity contribution is 0.563. The van der Waals surface area contributed by atoms with Crippen LogP contribution in [-0.2, 0) is 0 Å². The summed E-state index contributed by atoms with van der Waals surface area (Å²) in [5.74, 6) is 0. The molecule has 0 fully saturated rings. The Hall–Kier alpha value is -4.67. The predicted octanol–water partition coefficient (Wildman–Crippen LogP) is 5.82. The number of fused-ring (bicyclic) bond motifs is 4. The molecule has 0 aliphatic rings. The van der Waals surface area contributed by atoms with Crippen LogP contribution in [0.3, 0.4) is 0 Å². The summed E-state index contributed by atoms with van der Waals surface area (Å²) in [5.41, 5.74) is 2.46. The number of hydrogen-bond acceptors (Lipinski definition) is 7. The Labute approximate surface area is 216 Å². The molecule has 178 valence electrons. The van der Waals surface area contributed by atoms with Gasteiger partial charge in [0, 0.05) is 10.8 Å². The van der Waals surface area contributed by atoms with E-state index in [1.54, 1.807) is 16.1 Å². The number of para-hydroxylation sites is 1. The second-order valence-corrected chi connectivity index (χ2v) is 9.68. The molecular weight excluding hydrogens is 506 g/mol. The number of hydrogen-bond donors (Lipinski definition) is 2. The van der Waals surface area contributed by atoms with E-state index in [-0.39, 0.29) is 10.3 Å². The van der Waals surface area contributed by atoms with Gasteiger partial charge in [-0.3, -0.25) is 9.78 Å². The topological polar surface area (TPSA) is 110 Å². The van der Waals surface area contributed by atoms with Crippen LogP contribution in [0.25, 0.3) is 60.4 Å². The third-order valence-electron chi connectivity index (χ3n) is 6.19. The van der Waals surface area contributed by atoms with Crippen molar-refractivity contribution < 1.29 is 4.42 Å². The zero-order valence-electron chi connectivity index (χ0n) is 18.9. The molecule has 0 aliphatic heterocycles. The van der Waals surface area contributed by atoms with Crippen LogP contribution in [-0.4, -0.2) is 24.7 Å². The van der Waals surface area contributed by atoms with Crippen molar-refractivity contribution in [2.45, 2.75) is 0 Å². The van der Waals surface area contributed by atoms with Gasteiger partial charge in [-0.1, -0.05) is 48.5 Å². The molecule has 2 N–H and O–H groups in total. The molecule has 8 nitrogen and oxygen atoms in total. The van der Waals surface area contributed by atoms with E-state index in [0.29, 0.717) is 44.3 Å². The van der Waals surface area contributed by atoms with Crippen molar-refractivity contribution in [3.05, 3.63) is 104 Å². The summed E-state index contributed by atoms with van der Waals surface area (Å²) >= 11 is 6.54. The molecule has 7 aromatic rings. The van der Waals surface area contributed by atoms with Crippen LogP contribution in [0.5, 0.6) is 0 Å². The smallest absolute Gasteiger partial charge is 0.345 e. The van der Waals surface area contributed by atoms with E-state index < -0.39 is 5.63 Å². The minimum atomic E-state index is -0.477. The first-order valence-corrected chi connectivity index (χ1v) is 12.6. The maximum absolute atomic E-state index is 12.9. The number of H-pyrrole nitrogens is 2. The second kappa shape index (κ2) is 8.19. The number of rotatable bonds is 3. The molecule has 37 heavy (non-hydrogen) atoms. The summed E-state index contributed by atoms with van der Waals surface area (Å²) in [6.07, 6.45) is 0. The maximum Gasteiger partial charge on any atom is 0.345 e. The zero-order chi connectivity index (χ0) is 25.1. The average Bonchev–Trinajstić information content (AvgIpc) is 3.54. The third kappa shape index (κ3) is 3.45. The number of nitrogens with zero attached hydrogens (tertiary/aromatic N) is 3. The van der Waals surface area contributed by atoms with Crippen LogP contribution in [0.15, 0.2) is 92.2 Å². The van der Waals surface area contributed by atoms with Crippen LogP contribution in [0.4, 0.5) is 0 Å². The van der Waals surface area contributed by atoms with Gasteiger partial charge in [-0.15, -0.1) is 11.3 Å². The number of aromatic amines is 2. The van der Waals surface area contributed by atoms with Gasteiger partial charge in [-0.05, 0) is 47.3 Å². The van der Waals surface area contributed by atoms with Gasteiger partial charge < -0.3 is 9.40 Å². The highest BCUT2D eigenvalue weighted by Gasteiger charge is 2.21. The van der Waals surface area contributed by atoms with Crippen molar-refractivity contribution in [2.75, 3.05) is 0 Å². The lowest BCUT2D eigenvalue weighted by Crippen LogP contribution is -2.11. The fourth-order valence-corrected chi connectivity index (χ4v) is 5.52. The van der Waals surface area contributed by atoms with Gasteiger partial charge in [0.2, 0.25) is 0 Å². The molecule has 7 rings (SSSR count). The lowest BCUT2D eigenvalue weighted by atomic mass is 10.0. The van der Waals surface area contributed by atoms with Crippen molar-refractivity contribution in [2.24, 2.45) is 0 Å². The van der Waals surface area contributed by atoms with Gasteiger partial charge in [0.05, 0.1) is 16.9 Å². The summed E-state index contributed by atoms with van der Waals surface area (Å²) in [6, 6.07) is 22.8. The third-order valence-corrected chi connectivity index (χ3v) is 7.24. The van der Waals surface area contributed by atoms with Gasteiger partial charge in [-0.25, -0.2) is 14.5 Å². The zero-order valence-corrected chi connectivity index (χ0v) is 20.5. The van der Waals surface area contributed by atoms with E-state index in [2.05, 4.69) is 9.97 Å². The lowest BCUT2D eigenvalue weighted by Gasteiger charge is -2.04. The second-order valence-electron chi connectivity index (χ2n) is 8.41. The first-order valence-electron chi connectivity index (χ1n) is 11.3. The van der Waals surface area contributed by atoms with Crippen molar-refractivity contribution >= 4 is 56.3 Å². The Kier molecular flexibility index (Phi) is 4.78. The maximum atomic E-state index is 12.9. The quantitative estimate of drug-likeness (QED) is 0.172. The molecule has 0 amide bonds. The molecule has 0 atom stereocenters. The predicted molar refractivity (Wildman–Crippen MR) is 147 cm³/mol. The summed E-state index contributed by atoms with van der Waals surface area (Å²) < 4.78 is 7.41. The van der Waals surface area contributed by atoms with Gasteiger partial charge >= 0.3 is 5.63 Å². The normalized spacial score (nSPS) is 11.6. The van der Waals surface area contributed by atoms with E-state index >= 15 is 0 Å². The van der Waals surface area contributed by atoms with E-state index in [4.69, 9.17) is 26.7 Å². The number of nitrogens with one attached hydrogen (secondary N) is 2. The molecule has 10 heteroatoms. The molecule has 3 aromatic carbocycles. The van der Waals surface area contributed by atoms with Gasteiger partial charge in [0.15, 0.2) is 10.3 Å². The molecule has 4 heterocycles. The Morgan fingerprint density at radius 2 is 1.73 bits per heavy atom. The molecule has 0 spiro atoms. The molecule has 0 aliphatic carbocycles.